The van der Waals surface area contributed by atoms with E-state index in [4.69, 9.17) is 5.11 Å². The third kappa shape index (κ3) is 4.44. The molecule has 0 spiro atoms. The first-order valence-electron chi connectivity index (χ1n) is 3.78. The van der Waals surface area contributed by atoms with Crippen LogP contribution in [0.15, 0.2) is 5.18 Å². The summed E-state index contributed by atoms with van der Waals surface area (Å²) in [7, 11) is 0. The van der Waals surface area contributed by atoms with E-state index in [0.717, 1.165) is 25.7 Å². The molecular weight excluding hydrogens is 130 g/mol. The van der Waals surface area contributed by atoms with Crippen LogP contribution in [0.2, 0.25) is 0 Å². The Bertz CT molecular complexity index is 85.7. The molecule has 0 aliphatic carbocycles. The monoisotopic (exact) mass is 145 g/mol. The zero-order valence-corrected chi connectivity index (χ0v) is 6.42. The van der Waals surface area contributed by atoms with Gasteiger partial charge < -0.3 is 5.11 Å². The fourth-order valence-electron chi connectivity index (χ4n) is 0.823. The number of unbranched alkanes of at least 4 members (excludes halogenated alkanes) is 1. The largest absolute Gasteiger partial charge is 0.396 e. The molecule has 0 aliphatic rings. The number of rotatable bonds is 6. The quantitative estimate of drug-likeness (QED) is 0.456. The average Bonchev–Trinajstić information content (AvgIpc) is 1.99. The van der Waals surface area contributed by atoms with Crippen LogP contribution in [0.4, 0.5) is 0 Å². The summed E-state index contributed by atoms with van der Waals surface area (Å²) in [5.41, 5.74) is 0. The van der Waals surface area contributed by atoms with Gasteiger partial charge >= 0.3 is 0 Å². The minimum absolute atomic E-state index is 0.0356. The molecule has 0 aromatic rings. The summed E-state index contributed by atoms with van der Waals surface area (Å²) in [4.78, 5) is 10.0. The molecule has 0 radical (unpaired) electrons. The van der Waals surface area contributed by atoms with Crippen LogP contribution in [0.3, 0.4) is 0 Å². The number of hydrogen-bond acceptors (Lipinski definition) is 3. The molecule has 3 nitrogen and oxygen atoms in total. The Morgan fingerprint density at radius 3 is 2.60 bits per heavy atom. The molecule has 1 unspecified atom stereocenters. The summed E-state index contributed by atoms with van der Waals surface area (Å²) in [6, 6.07) is -0.0356. The van der Waals surface area contributed by atoms with Gasteiger partial charge in [0.15, 0.2) is 0 Å². The van der Waals surface area contributed by atoms with Gasteiger partial charge in [-0.25, -0.2) is 0 Å². The molecule has 0 rings (SSSR count). The maximum Gasteiger partial charge on any atom is 0.0917 e. The lowest BCUT2D eigenvalue weighted by Gasteiger charge is -2.02. The minimum atomic E-state index is -0.0356. The van der Waals surface area contributed by atoms with E-state index >= 15 is 0 Å². The second-order valence-electron chi connectivity index (χ2n) is 2.39. The van der Waals surface area contributed by atoms with Crippen LogP contribution < -0.4 is 0 Å². The molecule has 0 aromatic carbocycles. The van der Waals surface area contributed by atoms with Crippen molar-refractivity contribution in [3.05, 3.63) is 4.91 Å². The fourth-order valence-corrected chi connectivity index (χ4v) is 0.823. The fraction of sp³-hybridized carbons (Fsp3) is 1.00. The summed E-state index contributed by atoms with van der Waals surface area (Å²) in [6.45, 7) is 2.17. The molecule has 0 aromatic heterocycles. The summed E-state index contributed by atoms with van der Waals surface area (Å²) in [5.74, 6) is 0. The standard InChI is InChI=1S/C7H15NO2/c1-2-7(8-10)5-3-4-6-9/h7,9H,2-6H2,1H3. The summed E-state index contributed by atoms with van der Waals surface area (Å²) < 4.78 is 0. The molecule has 0 aliphatic heterocycles. The maximum atomic E-state index is 10.0. The van der Waals surface area contributed by atoms with Crippen LogP contribution in [-0.2, 0) is 0 Å². The third-order valence-corrected chi connectivity index (χ3v) is 1.57. The van der Waals surface area contributed by atoms with Gasteiger partial charge in [0.25, 0.3) is 0 Å². The smallest absolute Gasteiger partial charge is 0.0917 e. The zero-order valence-electron chi connectivity index (χ0n) is 6.42. The van der Waals surface area contributed by atoms with Crippen LogP contribution in [-0.4, -0.2) is 17.8 Å². The van der Waals surface area contributed by atoms with Gasteiger partial charge in [0.2, 0.25) is 0 Å². The van der Waals surface area contributed by atoms with Gasteiger partial charge in [0.05, 0.1) is 6.04 Å². The Morgan fingerprint density at radius 2 is 2.20 bits per heavy atom. The molecule has 0 heterocycles. The lowest BCUT2D eigenvalue weighted by molar-refractivity contribution is 0.281. The van der Waals surface area contributed by atoms with Crippen molar-refractivity contribution in [1.29, 1.82) is 0 Å². The Hall–Kier alpha value is -0.440. The van der Waals surface area contributed by atoms with E-state index in [1.165, 1.54) is 0 Å². The van der Waals surface area contributed by atoms with Crippen molar-refractivity contribution in [2.24, 2.45) is 5.18 Å². The number of nitrogens with zero attached hydrogens (tertiary/aromatic N) is 1. The lowest BCUT2D eigenvalue weighted by Crippen LogP contribution is -2.01. The van der Waals surface area contributed by atoms with Gasteiger partial charge in [-0.3, -0.25) is 0 Å². The Balaban J connectivity index is 3.17. The van der Waals surface area contributed by atoms with E-state index in [0.29, 0.717) is 0 Å². The zero-order chi connectivity index (χ0) is 7.82. The Kier molecular flexibility index (Phi) is 6.38. The van der Waals surface area contributed by atoms with E-state index in [1.54, 1.807) is 0 Å². The molecular formula is C7H15NO2. The van der Waals surface area contributed by atoms with Crippen molar-refractivity contribution in [3.63, 3.8) is 0 Å². The molecule has 3 heteroatoms. The average molecular weight is 145 g/mol. The summed E-state index contributed by atoms with van der Waals surface area (Å²) in [5, 5.41) is 11.4. The number of aliphatic hydroxyl groups is 1. The third-order valence-electron chi connectivity index (χ3n) is 1.57. The van der Waals surface area contributed by atoms with Gasteiger partial charge in [-0.15, -0.1) is 0 Å². The molecule has 1 N–H and O–H groups in total. The van der Waals surface area contributed by atoms with E-state index in [1.807, 2.05) is 6.92 Å². The lowest BCUT2D eigenvalue weighted by atomic mass is 10.1. The van der Waals surface area contributed by atoms with Gasteiger partial charge in [0, 0.05) is 6.61 Å². The highest BCUT2D eigenvalue weighted by molar-refractivity contribution is 4.62. The van der Waals surface area contributed by atoms with Crippen LogP contribution in [0.25, 0.3) is 0 Å². The van der Waals surface area contributed by atoms with E-state index in [9.17, 15) is 4.91 Å². The molecule has 0 bridgehead atoms. The highest BCUT2D eigenvalue weighted by Gasteiger charge is 2.03. The van der Waals surface area contributed by atoms with Crippen molar-refractivity contribution >= 4 is 0 Å². The molecule has 1 atom stereocenters. The van der Waals surface area contributed by atoms with Crippen LogP contribution >= 0.6 is 0 Å². The first-order chi connectivity index (χ1) is 4.85. The minimum Gasteiger partial charge on any atom is -0.396 e. The van der Waals surface area contributed by atoms with Crippen LogP contribution in [0.1, 0.15) is 32.6 Å². The maximum absolute atomic E-state index is 10.0. The van der Waals surface area contributed by atoms with E-state index in [-0.39, 0.29) is 12.6 Å². The van der Waals surface area contributed by atoms with Gasteiger partial charge in [0.1, 0.15) is 0 Å². The van der Waals surface area contributed by atoms with E-state index in [2.05, 4.69) is 5.18 Å². The molecule has 0 saturated heterocycles. The highest BCUT2D eigenvalue weighted by Crippen LogP contribution is 2.06. The van der Waals surface area contributed by atoms with Crippen molar-refractivity contribution in [3.8, 4) is 0 Å². The highest BCUT2D eigenvalue weighted by atomic mass is 16.3. The van der Waals surface area contributed by atoms with Gasteiger partial charge in [-0.1, -0.05) is 12.1 Å². The Morgan fingerprint density at radius 1 is 1.50 bits per heavy atom. The van der Waals surface area contributed by atoms with Crippen molar-refractivity contribution < 1.29 is 5.11 Å². The first kappa shape index (κ1) is 9.56. The van der Waals surface area contributed by atoms with Crippen molar-refractivity contribution in [2.45, 2.75) is 38.6 Å². The first-order valence-corrected chi connectivity index (χ1v) is 3.78. The topological polar surface area (TPSA) is 49.7 Å². The molecule has 0 saturated carbocycles. The summed E-state index contributed by atoms with van der Waals surface area (Å²) in [6.07, 6.45) is 3.32. The second kappa shape index (κ2) is 6.68. The second-order valence-corrected chi connectivity index (χ2v) is 2.39. The molecule has 60 valence electrons. The predicted octanol–water partition coefficient (Wildman–Crippen LogP) is 1.69. The van der Waals surface area contributed by atoms with E-state index < -0.39 is 0 Å². The molecule has 0 fully saturated rings. The van der Waals surface area contributed by atoms with Gasteiger partial charge in [-0.05, 0) is 25.7 Å². The summed E-state index contributed by atoms with van der Waals surface area (Å²) >= 11 is 0. The van der Waals surface area contributed by atoms with Gasteiger partial charge in [-0.2, -0.15) is 4.91 Å². The van der Waals surface area contributed by atoms with Crippen molar-refractivity contribution in [2.75, 3.05) is 6.61 Å². The normalized spacial score (nSPS) is 13.0. The SMILES string of the molecule is CCC(CCCCO)N=O. The van der Waals surface area contributed by atoms with Crippen LogP contribution in [0.5, 0.6) is 0 Å². The van der Waals surface area contributed by atoms with Crippen molar-refractivity contribution in [1.82, 2.24) is 0 Å². The predicted molar refractivity (Wildman–Crippen MR) is 40.8 cm³/mol. The number of nitroso groups, excluding NO2 is 1. The molecule has 10 heavy (non-hydrogen) atoms. The number of hydrogen-bond donors (Lipinski definition) is 1. The Labute approximate surface area is 61.4 Å². The van der Waals surface area contributed by atoms with Crippen LogP contribution in [0, 0.1) is 4.91 Å². The number of aliphatic hydroxyl groups excluding tert-OH is 1. The molecule has 0 amide bonds.